The maximum atomic E-state index is 12.3. The molecule has 0 saturated carbocycles. The minimum Gasteiger partial charge on any atom is -0.744 e. The van der Waals surface area contributed by atoms with Gasteiger partial charge in [-0.15, -0.1) is 5.06 Å². The van der Waals surface area contributed by atoms with Crippen LogP contribution in [0.25, 0.3) is 0 Å². The molecule has 1 saturated heterocycles. The Morgan fingerprint density at radius 2 is 1.67 bits per heavy atom. The highest BCUT2D eigenvalue weighted by atomic mass is 32.2. The third-order valence-corrected chi connectivity index (χ3v) is 11.7. The van der Waals surface area contributed by atoms with Gasteiger partial charge in [0.1, 0.15) is 21.5 Å². The minimum atomic E-state index is -4.57. The molecule has 2 atom stereocenters. The van der Waals surface area contributed by atoms with Crippen molar-refractivity contribution in [3.05, 3.63) is 95.8 Å². The Morgan fingerprint density at radius 1 is 0.963 bits per heavy atom. The summed E-state index contributed by atoms with van der Waals surface area (Å²) in [7, 11) is -4.57. The number of imide groups is 1. The van der Waals surface area contributed by atoms with Crippen LogP contribution in [-0.4, -0.2) is 54.9 Å². The van der Waals surface area contributed by atoms with E-state index in [0.717, 1.165) is 69.4 Å². The summed E-state index contributed by atoms with van der Waals surface area (Å²) in [5.74, 6) is -1.60. The highest BCUT2D eigenvalue weighted by Crippen LogP contribution is 2.47. The molecule has 5 rings (SSSR count). The molecule has 3 aliphatic rings. The number of carbonyl (C=O) groups excluding carboxylic acids is 3. The van der Waals surface area contributed by atoms with Gasteiger partial charge in [-0.25, -0.2) is 13.2 Å². The summed E-state index contributed by atoms with van der Waals surface area (Å²) in [4.78, 5) is 44.7. The fraction of sp³-hybridized carbons (Fsp3) is 0.410. The molecular formula is C39H46N3O10S2-. The zero-order chi connectivity index (χ0) is 39.3. The summed E-state index contributed by atoms with van der Waals surface area (Å²) in [5.41, 5.74) is 4.18. The molecule has 2 aromatic carbocycles. The fourth-order valence-electron chi connectivity index (χ4n) is 7.55. The number of rotatable bonds is 16. The van der Waals surface area contributed by atoms with E-state index >= 15 is 0 Å². The van der Waals surface area contributed by atoms with Crippen LogP contribution in [0.1, 0.15) is 84.3 Å². The SMILES string of the molecule is CC[NH+]1/C(=C/C=C/C=C/C=C/C2N(CCCCCC(=O)ON3C(=O)CCC3=O)c3ccc(SOO[O-])cc3C2(C)C)C(C)(C)c2cc(S(=O)(=O)[O-])ccc21. The fourth-order valence-corrected chi connectivity index (χ4v) is 8.45. The van der Waals surface area contributed by atoms with E-state index in [1.165, 1.54) is 12.1 Å². The molecular weight excluding hydrogens is 735 g/mol. The number of quaternary nitrogens is 1. The molecule has 2 unspecified atom stereocenters. The maximum absolute atomic E-state index is 12.3. The van der Waals surface area contributed by atoms with E-state index < -0.39 is 33.3 Å². The third-order valence-electron chi connectivity index (χ3n) is 10.3. The summed E-state index contributed by atoms with van der Waals surface area (Å²) in [6.45, 7) is 11.9. The van der Waals surface area contributed by atoms with E-state index in [9.17, 15) is 32.6 Å². The average Bonchev–Trinajstić information content (AvgIpc) is 3.64. The van der Waals surface area contributed by atoms with E-state index in [2.05, 4.69) is 41.1 Å². The van der Waals surface area contributed by atoms with Gasteiger partial charge in [0.25, 0.3) is 11.8 Å². The number of carbonyl (C=O) groups is 3. The molecule has 3 aliphatic heterocycles. The molecule has 0 aliphatic carbocycles. The number of likely N-dealkylation sites (N-methyl/N-ethyl adjacent to an activating group) is 1. The molecule has 2 aromatic rings. The maximum Gasteiger partial charge on any atom is 0.333 e. The number of benzene rings is 2. The first-order valence-electron chi connectivity index (χ1n) is 17.9. The van der Waals surface area contributed by atoms with Gasteiger partial charge in [0.05, 0.1) is 34.9 Å². The van der Waals surface area contributed by atoms with Crippen LogP contribution in [0.2, 0.25) is 0 Å². The van der Waals surface area contributed by atoms with Gasteiger partial charge >= 0.3 is 5.97 Å². The first kappa shape index (κ1) is 41.1. The second-order valence-electron chi connectivity index (χ2n) is 14.5. The van der Waals surface area contributed by atoms with Crippen LogP contribution < -0.4 is 15.1 Å². The van der Waals surface area contributed by atoms with Gasteiger partial charge in [0.15, 0.2) is 0 Å². The van der Waals surface area contributed by atoms with Crippen molar-refractivity contribution in [3.8, 4) is 0 Å². The van der Waals surface area contributed by atoms with Crippen LogP contribution in [0.15, 0.2) is 94.4 Å². The Kier molecular flexibility index (Phi) is 13.0. The lowest BCUT2D eigenvalue weighted by molar-refractivity contribution is -0.786. The molecule has 13 nitrogen and oxygen atoms in total. The molecule has 15 heteroatoms. The van der Waals surface area contributed by atoms with Crippen molar-refractivity contribution in [2.75, 3.05) is 18.0 Å². The molecule has 2 amide bonds. The van der Waals surface area contributed by atoms with Crippen molar-refractivity contribution >= 4 is 51.3 Å². The topological polar surface area (TPSA) is 170 Å². The smallest absolute Gasteiger partial charge is 0.333 e. The molecule has 0 spiro atoms. The van der Waals surface area contributed by atoms with Crippen LogP contribution in [0.3, 0.4) is 0 Å². The normalized spacial score (nSPS) is 21.4. The zero-order valence-electron chi connectivity index (χ0n) is 31.0. The lowest BCUT2D eigenvalue weighted by atomic mass is 9.80. The monoisotopic (exact) mass is 780 g/mol. The largest absolute Gasteiger partial charge is 0.744 e. The van der Waals surface area contributed by atoms with Gasteiger partial charge in [-0.2, -0.15) is 4.33 Å². The van der Waals surface area contributed by atoms with E-state index in [1.807, 2.05) is 68.5 Å². The Morgan fingerprint density at radius 3 is 2.35 bits per heavy atom. The molecule has 0 aromatic heterocycles. The van der Waals surface area contributed by atoms with Crippen molar-refractivity contribution in [2.45, 2.75) is 99.8 Å². The van der Waals surface area contributed by atoms with Gasteiger partial charge < -0.3 is 19.5 Å². The number of anilines is 1. The van der Waals surface area contributed by atoms with Crippen LogP contribution >= 0.6 is 12.0 Å². The van der Waals surface area contributed by atoms with E-state index in [1.54, 1.807) is 6.07 Å². The lowest BCUT2D eigenvalue weighted by Crippen LogP contribution is -3.04. The van der Waals surface area contributed by atoms with Gasteiger partial charge in [0, 0.05) is 53.4 Å². The molecule has 0 bridgehead atoms. The van der Waals surface area contributed by atoms with Crippen molar-refractivity contribution in [2.24, 2.45) is 0 Å². The number of nitrogens with zero attached hydrogens (tertiary/aromatic N) is 2. The van der Waals surface area contributed by atoms with E-state index in [4.69, 9.17) is 4.84 Å². The van der Waals surface area contributed by atoms with Crippen LogP contribution in [0, 0.1) is 0 Å². The summed E-state index contributed by atoms with van der Waals surface area (Å²) in [6.07, 6.45) is 16.2. The quantitative estimate of drug-likeness (QED) is 0.0481. The van der Waals surface area contributed by atoms with Gasteiger partial charge in [0.2, 0.25) is 0 Å². The lowest BCUT2D eigenvalue weighted by Gasteiger charge is -2.32. The first-order valence-corrected chi connectivity index (χ1v) is 20.1. The minimum absolute atomic E-state index is 0.0281. The van der Waals surface area contributed by atoms with Crippen molar-refractivity contribution in [3.63, 3.8) is 0 Å². The average molecular weight is 781 g/mol. The Labute approximate surface area is 320 Å². The van der Waals surface area contributed by atoms with Crippen molar-refractivity contribution in [1.82, 2.24) is 5.06 Å². The predicted molar refractivity (Wildman–Crippen MR) is 198 cm³/mol. The number of nitrogens with one attached hydrogen (secondary N) is 1. The predicted octanol–water partition coefficient (Wildman–Crippen LogP) is 4.54. The molecule has 1 fully saturated rings. The number of hydrogen-bond donors (Lipinski definition) is 1. The van der Waals surface area contributed by atoms with E-state index in [0.29, 0.717) is 18.0 Å². The van der Waals surface area contributed by atoms with Gasteiger partial charge in [-0.3, -0.25) is 19.5 Å². The number of fused-ring (bicyclic) bond motifs is 2. The first-order chi connectivity index (χ1) is 25.6. The van der Waals surface area contributed by atoms with Crippen molar-refractivity contribution in [1.29, 1.82) is 0 Å². The van der Waals surface area contributed by atoms with Crippen LogP contribution in [0.5, 0.6) is 0 Å². The van der Waals surface area contributed by atoms with Crippen molar-refractivity contribution < 1.29 is 51.7 Å². The van der Waals surface area contributed by atoms with Gasteiger partial charge in [-0.1, -0.05) is 56.7 Å². The molecule has 1 N–H and O–H groups in total. The molecule has 290 valence electrons. The molecule has 54 heavy (non-hydrogen) atoms. The molecule has 3 heterocycles. The highest BCUT2D eigenvalue weighted by molar-refractivity contribution is 7.94. The number of unbranched alkanes of at least 4 members (excludes halogenated alkanes) is 2. The summed E-state index contributed by atoms with van der Waals surface area (Å²) in [5, 5.41) is 14.6. The summed E-state index contributed by atoms with van der Waals surface area (Å²) >= 11 is 0.843. The number of amides is 2. The molecule has 0 radical (unpaired) electrons. The zero-order valence-corrected chi connectivity index (χ0v) is 32.7. The van der Waals surface area contributed by atoms with Gasteiger partial charge in [-0.05, 0) is 75.6 Å². The highest BCUT2D eigenvalue weighted by Gasteiger charge is 2.45. The second kappa shape index (κ2) is 17.1. The number of allylic oxidation sites excluding steroid dienone is 7. The standard InChI is InChI=1S/C39H47N3O10S2/c1-6-40-31-21-19-28(54(47,48)49)26-30(31)39(4,5)33(40)15-11-8-7-9-12-16-34-38(2,3)29-25-27(53-52-51-46)18-20-32(29)41(34)24-14-10-13-17-37(45)50-42-35(43)22-23-36(42)44/h7-9,11-12,15-16,18-21,25-26,34,46H,6,10,13-14,17,22-24H2,1-5H3,(H,47,48,49)/p-1/b9-7+,11-8+,16-12+,33-15+. The summed E-state index contributed by atoms with van der Waals surface area (Å²) < 4.78 is 39.7. The Hall–Kier alpha value is -4.09. The summed E-state index contributed by atoms with van der Waals surface area (Å²) in [6, 6.07) is 10.4. The van der Waals surface area contributed by atoms with Crippen LogP contribution in [0.4, 0.5) is 11.4 Å². The Balaban J connectivity index is 1.25. The second-order valence-corrected chi connectivity index (χ2v) is 16.6. The van der Waals surface area contributed by atoms with Crippen LogP contribution in [-0.2, 0) is 49.5 Å². The number of hydrogen-bond acceptors (Lipinski definition) is 12. The number of hydroxylamine groups is 2. The van der Waals surface area contributed by atoms with E-state index in [-0.39, 0.29) is 35.6 Å². The third kappa shape index (κ3) is 8.89. The Bertz CT molecular complexity index is 1970.